The molecule has 2 aliphatic carbocycles. The maximum atomic E-state index is 5.55. The van der Waals surface area contributed by atoms with Gasteiger partial charge < -0.3 is 10.6 Å². The maximum absolute atomic E-state index is 5.55. The van der Waals surface area contributed by atoms with Crippen LogP contribution in [0.2, 0.25) is 0 Å². The third-order valence-electron chi connectivity index (χ3n) is 3.32. The lowest BCUT2D eigenvalue weighted by atomic mass is 10.3. The van der Waals surface area contributed by atoms with Crippen molar-refractivity contribution in [3.63, 3.8) is 0 Å². The SMILES string of the molecule is NCc1cnc(N(CC2CC2)C2CC2)nc1. The first kappa shape index (κ1) is 10.0. The highest BCUT2D eigenvalue weighted by Gasteiger charge is 2.34. The van der Waals surface area contributed by atoms with Crippen LogP contribution in [0.4, 0.5) is 5.95 Å². The molecule has 0 aromatic carbocycles. The van der Waals surface area contributed by atoms with Crippen LogP contribution in [0.5, 0.6) is 0 Å². The van der Waals surface area contributed by atoms with Gasteiger partial charge in [-0.25, -0.2) is 9.97 Å². The van der Waals surface area contributed by atoms with Gasteiger partial charge in [-0.3, -0.25) is 0 Å². The van der Waals surface area contributed by atoms with E-state index in [1.807, 2.05) is 12.4 Å². The fourth-order valence-corrected chi connectivity index (χ4v) is 1.96. The van der Waals surface area contributed by atoms with Gasteiger partial charge in [0.25, 0.3) is 0 Å². The van der Waals surface area contributed by atoms with Crippen LogP contribution in [-0.2, 0) is 6.54 Å². The highest BCUT2D eigenvalue weighted by Crippen LogP contribution is 2.36. The third-order valence-corrected chi connectivity index (χ3v) is 3.32. The summed E-state index contributed by atoms with van der Waals surface area (Å²) < 4.78 is 0. The molecule has 0 amide bonds. The molecule has 2 aliphatic rings. The Morgan fingerprint density at radius 1 is 1.19 bits per heavy atom. The Morgan fingerprint density at radius 3 is 2.38 bits per heavy atom. The van der Waals surface area contributed by atoms with Crippen LogP contribution in [-0.4, -0.2) is 22.6 Å². The van der Waals surface area contributed by atoms with Crippen molar-refractivity contribution in [1.29, 1.82) is 0 Å². The predicted molar refractivity (Wildman–Crippen MR) is 63.0 cm³/mol. The molecule has 1 aromatic heterocycles. The standard InChI is InChI=1S/C12H18N4/c13-5-10-6-14-12(15-7-10)16(11-3-4-11)8-9-1-2-9/h6-7,9,11H,1-5,8,13H2. The fraction of sp³-hybridized carbons (Fsp3) is 0.667. The van der Waals surface area contributed by atoms with Crippen molar-refractivity contribution in [2.75, 3.05) is 11.4 Å². The van der Waals surface area contributed by atoms with Crippen molar-refractivity contribution >= 4 is 5.95 Å². The van der Waals surface area contributed by atoms with Gasteiger partial charge >= 0.3 is 0 Å². The molecule has 1 aromatic rings. The van der Waals surface area contributed by atoms with E-state index in [0.717, 1.165) is 24.0 Å². The zero-order valence-corrected chi connectivity index (χ0v) is 9.47. The topological polar surface area (TPSA) is 55.0 Å². The molecule has 16 heavy (non-hydrogen) atoms. The van der Waals surface area contributed by atoms with E-state index in [9.17, 15) is 0 Å². The lowest BCUT2D eigenvalue weighted by molar-refractivity contribution is 0.695. The summed E-state index contributed by atoms with van der Waals surface area (Å²) in [5.74, 6) is 1.78. The quantitative estimate of drug-likeness (QED) is 0.809. The second-order valence-electron chi connectivity index (χ2n) is 4.92. The number of anilines is 1. The Hall–Kier alpha value is -1.16. The zero-order chi connectivity index (χ0) is 11.0. The molecular weight excluding hydrogens is 200 g/mol. The lowest BCUT2D eigenvalue weighted by Crippen LogP contribution is -2.29. The molecule has 3 rings (SSSR count). The number of hydrogen-bond acceptors (Lipinski definition) is 4. The summed E-state index contributed by atoms with van der Waals surface area (Å²) in [6.45, 7) is 1.67. The van der Waals surface area contributed by atoms with Gasteiger partial charge in [-0.2, -0.15) is 0 Å². The van der Waals surface area contributed by atoms with Gasteiger partial charge in [-0.15, -0.1) is 0 Å². The third kappa shape index (κ3) is 2.16. The van der Waals surface area contributed by atoms with E-state index in [1.165, 1.54) is 25.7 Å². The summed E-state index contributed by atoms with van der Waals surface area (Å²) in [6.07, 6.45) is 9.06. The summed E-state index contributed by atoms with van der Waals surface area (Å²) >= 11 is 0. The van der Waals surface area contributed by atoms with Crippen molar-refractivity contribution in [3.8, 4) is 0 Å². The molecule has 0 spiro atoms. The smallest absolute Gasteiger partial charge is 0.225 e. The average molecular weight is 218 g/mol. The maximum Gasteiger partial charge on any atom is 0.225 e. The molecule has 4 heteroatoms. The minimum atomic E-state index is 0.520. The van der Waals surface area contributed by atoms with E-state index in [2.05, 4.69) is 14.9 Å². The number of nitrogens with two attached hydrogens (primary N) is 1. The molecule has 0 saturated heterocycles. The number of hydrogen-bond donors (Lipinski definition) is 1. The molecule has 0 unspecified atom stereocenters. The Bertz CT molecular complexity index is 354. The van der Waals surface area contributed by atoms with Gasteiger partial charge in [-0.1, -0.05) is 0 Å². The largest absolute Gasteiger partial charge is 0.338 e. The molecule has 0 bridgehead atoms. The molecule has 2 fully saturated rings. The molecule has 0 radical (unpaired) electrons. The fourth-order valence-electron chi connectivity index (χ4n) is 1.96. The Balaban J connectivity index is 1.74. The van der Waals surface area contributed by atoms with Crippen molar-refractivity contribution in [2.45, 2.75) is 38.3 Å². The van der Waals surface area contributed by atoms with Crippen LogP contribution in [0.25, 0.3) is 0 Å². The van der Waals surface area contributed by atoms with E-state index in [1.54, 1.807) is 0 Å². The number of nitrogens with zero attached hydrogens (tertiary/aromatic N) is 3. The Kier molecular flexibility index (Phi) is 2.52. The van der Waals surface area contributed by atoms with Crippen molar-refractivity contribution in [1.82, 2.24) is 9.97 Å². The first-order chi connectivity index (χ1) is 7.86. The molecule has 1 heterocycles. The van der Waals surface area contributed by atoms with Gasteiger partial charge in [0, 0.05) is 37.1 Å². The molecule has 2 saturated carbocycles. The van der Waals surface area contributed by atoms with Crippen LogP contribution in [0.1, 0.15) is 31.2 Å². The molecular formula is C12H18N4. The average Bonchev–Trinajstić information content (AvgIpc) is 3.16. The van der Waals surface area contributed by atoms with Gasteiger partial charge in [0.15, 0.2) is 0 Å². The number of rotatable bonds is 5. The van der Waals surface area contributed by atoms with Crippen LogP contribution in [0, 0.1) is 5.92 Å². The second-order valence-corrected chi connectivity index (χ2v) is 4.92. The monoisotopic (exact) mass is 218 g/mol. The summed E-state index contributed by atoms with van der Waals surface area (Å²) in [6, 6.07) is 0.698. The van der Waals surface area contributed by atoms with Gasteiger partial charge in [0.05, 0.1) is 0 Å². The molecule has 0 atom stereocenters. The summed E-state index contributed by atoms with van der Waals surface area (Å²) in [5, 5.41) is 0. The normalized spacial score (nSPS) is 19.8. The van der Waals surface area contributed by atoms with E-state index in [-0.39, 0.29) is 0 Å². The van der Waals surface area contributed by atoms with E-state index in [4.69, 9.17) is 5.73 Å². The highest BCUT2D eigenvalue weighted by molar-refractivity contribution is 5.34. The van der Waals surface area contributed by atoms with Gasteiger partial charge in [0.2, 0.25) is 5.95 Å². The first-order valence-corrected chi connectivity index (χ1v) is 6.14. The van der Waals surface area contributed by atoms with Gasteiger partial charge in [-0.05, 0) is 31.6 Å². The highest BCUT2D eigenvalue weighted by atomic mass is 15.3. The van der Waals surface area contributed by atoms with Crippen LogP contribution in [0.3, 0.4) is 0 Å². The number of aromatic nitrogens is 2. The Morgan fingerprint density at radius 2 is 1.88 bits per heavy atom. The summed E-state index contributed by atoms with van der Waals surface area (Å²) in [7, 11) is 0. The van der Waals surface area contributed by atoms with E-state index < -0.39 is 0 Å². The minimum absolute atomic E-state index is 0.520. The van der Waals surface area contributed by atoms with Crippen LogP contribution < -0.4 is 10.6 Å². The lowest BCUT2D eigenvalue weighted by Gasteiger charge is -2.22. The molecule has 2 N–H and O–H groups in total. The Labute approximate surface area is 95.9 Å². The van der Waals surface area contributed by atoms with Crippen LogP contribution >= 0.6 is 0 Å². The predicted octanol–water partition coefficient (Wildman–Crippen LogP) is 1.31. The van der Waals surface area contributed by atoms with Crippen LogP contribution in [0.15, 0.2) is 12.4 Å². The molecule has 0 aliphatic heterocycles. The second kappa shape index (κ2) is 4.01. The molecule has 4 nitrogen and oxygen atoms in total. The van der Waals surface area contributed by atoms with Crippen molar-refractivity contribution in [3.05, 3.63) is 18.0 Å². The zero-order valence-electron chi connectivity index (χ0n) is 9.47. The molecule has 86 valence electrons. The van der Waals surface area contributed by atoms with Crippen molar-refractivity contribution < 1.29 is 0 Å². The van der Waals surface area contributed by atoms with E-state index >= 15 is 0 Å². The first-order valence-electron chi connectivity index (χ1n) is 6.14. The van der Waals surface area contributed by atoms with E-state index in [0.29, 0.717) is 12.6 Å². The summed E-state index contributed by atoms with van der Waals surface area (Å²) in [5.41, 5.74) is 6.55. The summed E-state index contributed by atoms with van der Waals surface area (Å²) in [4.78, 5) is 11.2. The minimum Gasteiger partial charge on any atom is -0.338 e. The van der Waals surface area contributed by atoms with Gasteiger partial charge in [0.1, 0.15) is 0 Å². The van der Waals surface area contributed by atoms with Crippen molar-refractivity contribution in [2.24, 2.45) is 11.7 Å².